The standard InChI is InChI=1S/C33H29BrN4O7S/c1-20-6-9-24(10-7-20)36-30(39)19-45-26-11-8-23(34)15-22(26)16-29-32(41)38(18-25-5-4-12-44-25)33(46-29)37-35-17-21-13-27(42-2)31(40)28(14-21)43-3/h4-17,40H,18-19H2,1-3H3,(H,36,39)/b29-16-,35-17+,37-33-. The van der Waals surface area contributed by atoms with Gasteiger partial charge >= 0.3 is 0 Å². The number of benzene rings is 3. The number of phenolic OH excluding ortho intramolecular Hbond substituents is 1. The highest BCUT2D eigenvalue weighted by molar-refractivity contribution is 9.10. The molecule has 0 spiro atoms. The summed E-state index contributed by atoms with van der Waals surface area (Å²) >= 11 is 4.61. The summed E-state index contributed by atoms with van der Waals surface area (Å²) in [6, 6.07) is 19.4. The largest absolute Gasteiger partial charge is 0.502 e. The van der Waals surface area contributed by atoms with Gasteiger partial charge in [0.05, 0.1) is 38.1 Å². The zero-order valence-electron chi connectivity index (χ0n) is 25.0. The van der Waals surface area contributed by atoms with Crippen molar-refractivity contribution in [3.05, 3.63) is 105 Å². The summed E-state index contributed by atoms with van der Waals surface area (Å²) in [6.07, 6.45) is 4.67. The van der Waals surface area contributed by atoms with Gasteiger partial charge in [-0.05, 0) is 79.4 Å². The van der Waals surface area contributed by atoms with E-state index in [0.29, 0.717) is 38.4 Å². The van der Waals surface area contributed by atoms with Crippen molar-refractivity contribution in [3.8, 4) is 23.0 Å². The van der Waals surface area contributed by atoms with Crippen molar-refractivity contribution in [1.82, 2.24) is 4.90 Å². The smallest absolute Gasteiger partial charge is 0.267 e. The van der Waals surface area contributed by atoms with Crippen molar-refractivity contribution in [2.24, 2.45) is 10.2 Å². The lowest BCUT2D eigenvalue weighted by Crippen LogP contribution is -2.28. The van der Waals surface area contributed by atoms with E-state index in [9.17, 15) is 14.7 Å². The zero-order chi connectivity index (χ0) is 32.6. The molecule has 236 valence electrons. The molecule has 13 heteroatoms. The Morgan fingerprint density at radius 3 is 2.48 bits per heavy atom. The fourth-order valence-corrected chi connectivity index (χ4v) is 5.60. The van der Waals surface area contributed by atoms with Crippen LogP contribution in [0, 0.1) is 6.92 Å². The van der Waals surface area contributed by atoms with E-state index in [1.54, 1.807) is 48.5 Å². The maximum atomic E-state index is 13.7. The average molecular weight is 706 g/mol. The molecular weight excluding hydrogens is 676 g/mol. The second kappa shape index (κ2) is 14.8. The number of phenols is 1. The number of ether oxygens (including phenoxy) is 3. The second-order valence-corrected chi connectivity index (χ2v) is 11.8. The number of carbonyl (C=O) groups excluding carboxylic acids is 2. The summed E-state index contributed by atoms with van der Waals surface area (Å²) in [5, 5.41) is 21.9. The lowest BCUT2D eigenvalue weighted by molar-refractivity contribution is -0.122. The SMILES string of the molecule is COc1cc(/C=N/N=C2\S/C(=C\c3cc(Br)ccc3OCC(=O)Nc3ccc(C)cc3)C(=O)N2Cc2ccco2)cc(OC)c1O. The normalized spacial score (nSPS) is 14.8. The first-order chi connectivity index (χ1) is 22.2. The van der Waals surface area contributed by atoms with E-state index in [4.69, 9.17) is 18.6 Å². The van der Waals surface area contributed by atoms with Gasteiger partial charge in [0.2, 0.25) is 5.75 Å². The number of anilines is 1. The molecule has 2 amide bonds. The number of amidine groups is 1. The van der Waals surface area contributed by atoms with Crippen molar-refractivity contribution < 1.29 is 33.3 Å². The topological polar surface area (TPSA) is 135 Å². The molecule has 2 heterocycles. The van der Waals surface area contributed by atoms with Crippen LogP contribution in [-0.2, 0) is 16.1 Å². The molecule has 1 saturated heterocycles. The molecule has 0 bridgehead atoms. The van der Waals surface area contributed by atoms with Gasteiger partial charge in [0, 0.05) is 21.3 Å². The lowest BCUT2D eigenvalue weighted by atomic mass is 10.2. The van der Waals surface area contributed by atoms with E-state index in [1.807, 2.05) is 31.2 Å². The summed E-state index contributed by atoms with van der Waals surface area (Å²) in [6.45, 7) is 1.87. The third-order valence-electron chi connectivity index (χ3n) is 6.59. The Balaban J connectivity index is 1.39. The fourth-order valence-electron chi connectivity index (χ4n) is 4.30. The Morgan fingerprint density at radius 1 is 1.07 bits per heavy atom. The summed E-state index contributed by atoms with van der Waals surface area (Å²) in [4.78, 5) is 28.1. The molecule has 2 N–H and O–H groups in total. The minimum absolute atomic E-state index is 0.131. The predicted molar refractivity (Wildman–Crippen MR) is 181 cm³/mol. The van der Waals surface area contributed by atoms with Gasteiger partial charge in [0.15, 0.2) is 23.3 Å². The van der Waals surface area contributed by atoms with Crippen LogP contribution in [0.5, 0.6) is 23.0 Å². The van der Waals surface area contributed by atoms with Crippen LogP contribution in [0.25, 0.3) is 6.08 Å². The molecule has 0 radical (unpaired) electrons. The van der Waals surface area contributed by atoms with Crippen LogP contribution in [0.2, 0.25) is 0 Å². The molecule has 0 atom stereocenters. The van der Waals surface area contributed by atoms with E-state index in [1.165, 1.54) is 31.6 Å². The molecule has 3 aromatic carbocycles. The second-order valence-electron chi connectivity index (χ2n) is 9.87. The quantitative estimate of drug-likeness (QED) is 0.101. The van der Waals surface area contributed by atoms with E-state index < -0.39 is 0 Å². The fraction of sp³-hybridized carbons (Fsp3) is 0.152. The number of halogens is 1. The van der Waals surface area contributed by atoms with Crippen molar-refractivity contribution >= 4 is 62.7 Å². The first-order valence-electron chi connectivity index (χ1n) is 13.8. The van der Waals surface area contributed by atoms with Gasteiger partial charge in [-0.2, -0.15) is 5.10 Å². The Kier molecular flexibility index (Phi) is 10.5. The third kappa shape index (κ3) is 7.98. The number of carbonyl (C=O) groups is 2. The predicted octanol–water partition coefficient (Wildman–Crippen LogP) is 6.60. The maximum Gasteiger partial charge on any atom is 0.267 e. The van der Waals surface area contributed by atoms with Crippen LogP contribution in [0.1, 0.15) is 22.5 Å². The van der Waals surface area contributed by atoms with Crippen LogP contribution in [-0.4, -0.2) is 54.0 Å². The number of thioether (sulfide) groups is 1. The minimum atomic E-state index is -0.322. The first-order valence-corrected chi connectivity index (χ1v) is 15.4. The van der Waals surface area contributed by atoms with Gasteiger partial charge in [0.25, 0.3) is 11.8 Å². The minimum Gasteiger partial charge on any atom is -0.502 e. The van der Waals surface area contributed by atoms with E-state index in [0.717, 1.165) is 21.8 Å². The van der Waals surface area contributed by atoms with Crippen molar-refractivity contribution in [2.45, 2.75) is 13.5 Å². The molecule has 1 fully saturated rings. The van der Waals surface area contributed by atoms with E-state index >= 15 is 0 Å². The summed E-state index contributed by atoms with van der Waals surface area (Å²) < 4.78 is 22.5. The van der Waals surface area contributed by atoms with E-state index in [2.05, 4.69) is 31.4 Å². The number of nitrogens with zero attached hydrogens (tertiary/aromatic N) is 3. The molecule has 1 aliphatic heterocycles. The van der Waals surface area contributed by atoms with E-state index in [-0.39, 0.29) is 42.2 Å². The Hall–Kier alpha value is -5.01. The highest BCUT2D eigenvalue weighted by Gasteiger charge is 2.34. The van der Waals surface area contributed by atoms with Crippen molar-refractivity contribution in [2.75, 3.05) is 26.1 Å². The van der Waals surface area contributed by atoms with Gasteiger partial charge in [-0.15, -0.1) is 5.10 Å². The number of amides is 2. The molecule has 0 unspecified atom stereocenters. The molecule has 0 saturated carbocycles. The highest BCUT2D eigenvalue weighted by atomic mass is 79.9. The molecular formula is C33H29BrN4O7S. The summed E-state index contributed by atoms with van der Waals surface area (Å²) in [5.41, 5.74) is 2.89. The number of aromatic hydroxyl groups is 1. The van der Waals surface area contributed by atoms with Gasteiger partial charge in [-0.25, -0.2) is 0 Å². The van der Waals surface area contributed by atoms with Gasteiger partial charge in [0.1, 0.15) is 11.5 Å². The zero-order valence-corrected chi connectivity index (χ0v) is 27.4. The number of hydrogen-bond donors (Lipinski definition) is 2. The third-order valence-corrected chi connectivity index (χ3v) is 8.08. The number of nitrogens with one attached hydrogen (secondary N) is 1. The molecule has 0 aliphatic carbocycles. The Labute approximate surface area is 277 Å². The van der Waals surface area contributed by atoms with Crippen molar-refractivity contribution in [1.29, 1.82) is 0 Å². The van der Waals surface area contributed by atoms with Crippen LogP contribution in [0.15, 0.2) is 97.0 Å². The van der Waals surface area contributed by atoms with Crippen LogP contribution < -0.4 is 19.5 Å². The van der Waals surface area contributed by atoms with Crippen LogP contribution in [0.4, 0.5) is 5.69 Å². The number of furan rings is 1. The molecule has 4 aromatic rings. The average Bonchev–Trinajstić information content (AvgIpc) is 3.66. The molecule has 1 aliphatic rings. The van der Waals surface area contributed by atoms with Gasteiger partial charge in [-0.1, -0.05) is 33.6 Å². The first kappa shape index (κ1) is 32.4. The highest BCUT2D eigenvalue weighted by Crippen LogP contribution is 2.38. The molecule has 5 rings (SSSR count). The number of aryl methyl sites for hydroxylation is 1. The van der Waals surface area contributed by atoms with Crippen molar-refractivity contribution in [3.63, 3.8) is 0 Å². The molecule has 1 aromatic heterocycles. The van der Waals surface area contributed by atoms with Crippen LogP contribution >= 0.6 is 27.7 Å². The molecule has 11 nitrogen and oxygen atoms in total. The Bertz CT molecular complexity index is 1800. The maximum absolute atomic E-state index is 13.7. The Morgan fingerprint density at radius 2 is 1.80 bits per heavy atom. The molecule has 46 heavy (non-hydrogen) atoms. The summed E-state index contributed by atoms with van der Waals surface area (Å²) in [5.74, 6) is 0.633. The number of rotatable bonds is 11. The summed E-state index contributed by atoms with van der Waals surface area (Å²) in [7, 11) is 2.86. The van der Waals surface area contributed by atoms with Gasteiger partial charge < -0.3 is 29.1 Å². The van der Waals surface area contributed by atoms with Crippen LogP contribution in [0.3, 0.4) is 0 Å². The lowest BCUT2D eigenvalue weighted by Gasteiger charge is -2.13. The number of methoxy groups -OCH3 is 2. The monoisotopic (exact) mass is 704 g/mol. The van der Waals surface area contributed by atoms with Gasteiger partial charge in [-0.3, -0.25) is 14.5 Å². The number of hydrogen-bond acceptors (Lipinski definition) is 10.